The highest BCUT2D eigenvalue weighted by Crippen LogP contribution is 2.25. The first-order chi connectivity index (χ1) is 11.1. The third-order valence-electron chi connectivity index (χ3n) is 4.37. The first kappa shape index (κ1) is 18.5. The summed E-state index contributed by atoms with van der Waals surface area (Å²) < 4.78 is 0. The molecular weight excluding hydrogens is 333 g/mol. The zero-order valence-electron chi connectivity index (χ0n) is 13.6. The van der Waals surface area contributed by atoms with E-state index < -0.39 is 0 Å². The van der Waals surface area contributed by atoms with Crippen molar-refractivity contribution in [2.45, 2.75) is 25.7 Å². The molecular formula is C17H25Cl2N3O. The molecule has 6 heteroatoms. The summed E-state index contributed by atoms with van der Waals surface area (Å²) in [6.45, 7) is 4.05. The van der Waals surface area contributed by atoms with Crippen molar-refractivity contribution >= 4 is 34.8 Å². The van der Waals surface area contributed by atoms with Gasteiger partial charge in [-0.2, -0.15) is 0 Å². The summed E-state index contributed by atoms with van der Waals surface area (Å²) in [6, 6.07) is 5.07. The van der Waals surface area contributed by atoms with Gasteiger partial charge in [-0.25, -0.2) is 0 Å². The molecule has 0 aromatic heterocycles. The molecule has 1 aromatic carbocycles. The number of anilines is 1. The van der Waals surface area contributed by atoms with Crippen LogP contribution in [0, 0.1) is 5.92 Å². The molecule has 2 rings (SSSR count). The minimum Gasteiger partial charge on any atom is -0.325 e. The lowest BCUT2D eigenvalue weighted by molar-refractivity contribution is -0.116. The monoisotopic (exact) mass is 357 g/mol. The molecule has 0 bridgehead atoms. The number of piperidine rings is 1. The molecule has 1 aromatic rings. The molecule has 2 N–H and O–H groups in total. The molecule has 0 spiro atoms. The lowest BCUT2D eigenvalue weighted by Gasteiger charge is -2.31. The van der Waals surface area contributed by atoms with E-state index in [1.54, 1.807) is 18.2 Å². The van der Waals surface area contributed by atoms with E-state index in [4.69, 9.17) is 23.2 Å². The predicted molar refractivity (Wildman–Crippen MR) is 97.4 cm³/mol. The van der Waals surface area contributed by atoms with Gasteiger partial charge in [-0.05, 0) is 70.1 Å². The summed E-state index contributed by atoms with van der Waals surface area (Å²) >= 11 is 12.0. The molecule has 0 atom stereocenters. The third-order valence-corrected chi connectivity index (χ3v) is 4.93. The number of amides is 1. The van der Waals surface area contributed by atoms with Crippen molar-refractivity contribution in [2.24, 2.45) is 5.92 Å². The predicted octanol–water partition coefficient (Wildman–Crippen LogP) is 3.64. The second-order valence-corrected chi connectivity index (χ2v) is 6.94. The fourth-order valence-electron chi connectivity index (χ4n) is 2.91. The number of likely N-dealkylation sites (tertiary alicyclic amines) is 1. The van der Waals surface area contributed by atoms with E-state index >= 15 is 0 Å². The number of nitrogens with one attached hydrogen (secondary N) is 2. The molecule has 0 radical (unpaired) electrons. The van der Waals surface area contributed by atoms with Gasteiger partial charge in [0.25, 0.3) is 0 Å². The van der Waals surface area contributed by atoms with Gasteiger partial charge >= 0.3 is 0 Å². The summed E-state index contributed by atoms with van der Waals surface area (Å²) in [7, 11) is 2.00. The number of hydrogen-bond donors (Lipinski definition) is 2. The quantitative estimate of drug-likeness (QED) is 0.782. The van der Waals surface area contributed by atoms with Gasteiger partial charge in [0, 0.05) is 18.0 Å². The van der Waals surface area contributed by atoms with Crippen LogP contribution in [0.2, 0.25) is 10.0 Å². The number of carbonyl (C=O) groups excluding carboxylic acids is 1. The summed E-state index contributed by atoms with van der Waals surface area (Å²) in [5.74, 6) is 0.796. The average Bonchev–Trinajstić information content (AvgIpc) is 2.55. The van der Waals surface area contributed by atoms with Gasteiger partial charge in [-0.3, -0.25) is 4.79 Å². The molecule has 1 aliphatic rings. The van der Waals surface area contributed by atoms with Crippen molar-refractivity contribution < 1.29 is 4.79 Å². The standard InChI is InChI=1S/C17H25Cl2N3O/c1-20-8-4-13-5-9-22(10-6-13)11-7-17(23)21-16-12-14(18)2-3-15(16)19/h2-3,12-13,20H,4-11H2,1H3,(H,21,23). The first-order valence-corrected chi connectivity index (χ1v) is 8.96. The van der Waals surface area contributed by atoms with E-state index in [1.807, 2.05) is 7.05 Å². The van der Waals surface area contributed by atoms with Crippen LogP contribution in [0.4, 0.5) is 5.69 Å². The van der Waals surface area contributed by atoms with Gasteiger partial charge in [0.15, 0.2) is 0 Å². The normalized spacial score (nSPS) is 16.5. The minimum absolute atomic E-state index is 0.0218. The second-order valence-electron chi connectivity index (χ2n) is 6.10. The van der Waals surface area contributed by atoms with Gasteiger partial charge in [0.2, 0.25) is 5.91 Å². The SMILES string of the molecule is CNCCC1CCN(CCC(=O)Nc2cc(Cl)ccc2Cl)CC1. The zero-order chi connectivity index (χ0) is 16.7. The Kier molecular flexibility index (Phi) is 7.63. The van der Waals surface area contributed by atoms with E-state index in [9.17, 15) is 4.79 Å². The lowest BCUT2D eigenvalue weighted by atomic mass is 9.93. The van der Waals surface area contributed by atoms with E-state index in [0.717, 1.165) is 32.1 Å². The molecule has 23 heavy (non-hydrogen) atoms. The van der Waals surface area contributed by atoms with E-state index in [2.05, 4.69) is 15.5 Å². The largest absolute Gasteiger partial charge is 0.325 e. The fourth-order valence-corrected chi connectivity index (χ4v) is 3.25. The topological polar surface area (TPSA) is 44.4 Å². The smallest absolute Gasteiger partial charge is 0.225 e. The van der Waals surface area contributed by atoms with Crippen molar-refractivity contribution in [1.82, 2.24) is 10.2 Å². The number of rotatable bonds is 7. The highest BCUT2D eigenvalue weighted by atomic mass is 35.5. The van der Waals surface area contributed by atoms with Crippen LogP contribution < -0.4 is 10.6 Å². The molecule has 1 saturated heterocycles. The zero-order valence-corrected chi connectivity index (χ0v) is 15.1. The Morgan fingerprint density at radius 1 is 1.30 bits per heavy atom. The highest BCUT2D eigenvalue weighted by Gasteiger charge is 2.19. The highest BCUT2D eigenvalue weighted by molar-refractivity contribution is 6.35. The second kappa shape index (κ2) is 9.48. The van der Waals surface area contributed by atoms with Gasteiger partial charge in [-0.15, -0.1) is 0 Å². The van der Waals surface area contributed by atoms with Crippen LogP contribution in [0.1, 0.15) is 25.7 Å². The maximum Gasteiger partial charge on any atom is 0.225 e. The number of hydrogen-bond acceptors (Lipinski definition) is 3. The molecule has 0 saturated carbocycles. The number of carbonyl (C=O) groups is 1. The molecule has 1 heterocycles. The molecule has 128 valence electrons. The Morgan fingerprint density at radius 2 is 2.04 bits per heavy atom. The van der Waals surface area contributed by atoms with Crippen molar-refractivity contribution in [3.8, 4) is 0 Å². The van der Waals surface area contributed by atoms with Crippen molar-refractivity contribution in [1.29, 1.82) is 0 Å². The summed E-state index contributed by atoms with van der Waals surface area (Å²) in [5.41, 5.74) is 0.579. The van der Waals surface area contributed by atoms with Crippen LogP contribution in [-0.4, -0.2) is 44.0 Å². The van der Waals surface area contributed by atoms with Crippen LogP contribution >= 0.6 is 23.2 Å². The average molecular weight is 358 g/mol. The lowest BCUT2D eigenvalue weighted by Crippen LogP contribution is -2.36. The maximum absolute atomic E-state index is 12.1. The van der Waals surface area contributed by atoms with Gasteiger partial charge in [-0.1, -0.05) is 23.2 Å². The molecule has 0 unspecified atom stereocenters. The van der Waals surface area contributed by atoms with E-state index in [-0.39, 0.29) is 5.91 Å². The molecule has 1 amide bonds. The first-order valence-electron chi connectivity index (χ1n) is 8.20. The molecule has 1 aliphatic heterocycles. The number of halogens is 2. The summed E-state index contributed by atoms with van der Waals surface area (Å²) in [6.07, 6.45) is 4.18. The minimum atomic E-state index is -0.0218. The molecule has 1 fully saturated rings. The summed E-state index contributed by atoms with van der Waals surface area (Å²) in [4.78, 5) is 14.4. The van der Waals surface area contributed by atoms with Crippen molar-refractivity contribution in [3.05, 3.63) is 28.2 Å². The van der Waals surface area contributed by atoms with Crippen molar-refractivity contribution in [2.75, 3.05) is 38.5 Å². The summed E-state index contributed by atoms with van der Waals surface area (Å²) in [5, 5.41) is 7.12. The Labute approximate surface area is 148 Å². The van der Waals surface area contributed by atoms with Crippen LogP contribution in [0.5, 0.6) is 0 Å². The van der Waals surface area contributed by atoms with E-state index in [0.29, 0.717) is 22.2 Å². The third kappa shape index (κ3) is 6.30. The van der Waals surface area contributed by atoms with Crippen LogP contribution in [0.25, 0.3) is 0 Å². The van der Waals surface area contributed by atoms with Gasteiger partial charge in [0.1, 0.15) is 0 Å². The van der Waals surface area contributed by atoms with Crippen LogP contribution in [-0.2, 0) is 4.79 Å². The van der Waals surface area contributed by atoms with Gasteiger partial charge in [0.05, 0.1) is 10.7 Å². The number of benzene rings is 1. The van der Waals surface area contributed by atoms with Gasteiger partial charge < -0.3 is 15.5 Å². The maximum atomic E-state index is 12.1. The fraction of sp³-hybridized carbons (Fsp3) is 0.588. The Hall–Kier alpha value is -0.810. The Balaban J connectivity index is 1.70. The number of nitrogens with zero attached hydrogens (tertiary/aromatic N) is 1. The van der Waals surface area contributed by atoms with Crippen molar-refractivity contribution in [3.63, 3.8) is 0 Å². The molecule has 0 aliphatic carbocycles. The Morgan fingerprint density at radius 3 is 2.74 bits per heavy atom. The molecule has 4 nitrogen and oxygen atoms in total. The van der Waals surface area contributed by atoms with Crippen LogP contribution in [0.15, 0.2) is 18.2 Å². The van der Waals surface area contributed by atoms with Crippen LogP contribution in [0.3, 0.4) is 0 Å². The Bertz CT molecular complexity index is 517. The van der Waals surface area contributed by atoms with E-state index in [1.165, 1.54) is 19.3 Å².